The zero-order valence-corrected chi connectivity index (χ0v) is 16.5. The SMILES string of the molecule is O=C(NC1CN2CCC1CC2)c1cc2ccc(-c3ccccc3CO)cc2s1. The highest BCUT2D eigenvalue weighted by molar-refractivity contribution is 7.20. The molecule has 3 aromatic rings. The Labute approximate surface area is 168 Å². The van der Waals surface area contributed by atoms with E-state index in [1.165, 1.54) is 25.9 Å². The lowest BCUT2D eigenvalue weighted by atomic mass is 9.84. The summed E-state index contributed by atoms with van der Waals surface area (Å²) in [6, 6.07) is 16.4. The highest BCUT2D eigenvalue weighted by Crippen LogP contribution is 2.33. The van der Waals surface area contributed by atoms with Crippen LogP contribution in [0.1, 0.15) is 28.1 Å². The fourth-order valence-corrected chi connectivity index (χ4v) is 5.62. The Kier molecular flexibility index (Phi) is 4.67. The first-order chi connectivity index (χ1) is 13.7. The fourth-order valence-electron chi connectivity index (χ4n) is 4.62. The highest BCUT2D eigenvalue weighted by Gasteiger charge is 2.35. The number of nitrogens with one attached hydrogen (secondary N) is 1. The molecule has 3 aliphatic rings. The summed E-state index contributed by atoms with van der Waals surface area (Å²) in [5.74, 6) is 0.683. The Hall–Kier alpha value is -2.21. The molecule has 1 amide bonds. The molecule has 1 atom stereocenters. The van der Waals surface area contributed by atoms with E-state index in [4.69, 9.17) is 0 Å². The molecule has 144 valence electrons. The third-order valence-electron chi connectivity index (χ3n) is 6.22. The van der Waals surface area contributed by atoms with Gasteiger partial charge in [0, 0.05) is 17.3 Å². The van der Waals surface area contributed by atoms with Crippen LogP contribution in [0.15, 0.2) is 48.5 Å². The average molecular weight is 393 g/mol. The van der Waals surface area contributed by atoms with Crippen molar-refractivity contribution in [3.63, 3.8) is 0 Å². The Morgan fingerprint density at radius 2 is 1.96 bits per heavy atom. The Bertz CT molecular complexity index is 1020. The minimum atomic E-state index is 0.0197. The molecule has 4 heterocycles. The molecule has 4 nitrogen and oxygen atoms in total. The largest absolute Gasteiger partial charge is 0.392 e. The molecule has 1 aromatic heterocycles. The standard InChI is InChI=1S/C23H24N2O2S/c26-14-18-3-1-2-4-19(18)16-5-6-17-12-22(28-21(17)11-16)23(27)24-20-13-25-9-7-15(20)8-10-25/h1-6,11-12,15,20,26H,7-10,13-14H2,(H,24,27). The third kappa shape index (κ3) is 3.24. The number of aliphatic hydroxyl groups excluding tert-OH is 1. The summed E-state index contributed by atoms with van der Waals surface area (Å²) >= 11 is 1.55. The number of carbonyl (C=O) groups excluding carboxylic acids is 1. The van der Waals surface area contributed by atoms with Crippen LogP contribution in [0.25, 0.3) is 21.2 Å². The van der Waals surface area contributed by atoms with Gasteiger partial charge in [0.1, 0.15) is 0 Å². The van der Waals surface area contributed by atoms with Crippen LogP contribution >= 0.6 is 11.3 Å². The molecule has 5 heteroatoms. The molecule has 0 aliphatic carbocycles. The number of hydrogen-bond donors (Lipinski definition) is 2. The summed E-state index contributed by atoms with van der Waals surface area (Å²) in [6.07, 6.45) is 2.40. The van der Waals surface area contributed by atoms with Gasteiger partial charge in [-0.2, -0.15) is 0 Å². The Balaban J connectivity index is 1.40. The Morgan fingerprint density at radius 3 is 2.71 bits per heavy atom. The minimum absolute atomic E-state index is 0.0197. The number of hydrogen-bond acceptors (Lipinski definition) is 4. The quantitative estimate of drug-likeness (QED) is 0.708. The van der Waals surface area contributed by atoms with Crippen molar-refractivity contribution < 1.29 is 9.90 Å². The third-order valence-corrected chi connectivity index (χ3v) is 7.31. The molecule has 0 spiro atoms. The topological polar surface area (TPSA) is 52.6 Å². The van der Waals surface area contributed by atoms with Gasteiger partial charge in [-0.1, -0.05) is 36.4 Å². The van der Waals surface area contributed by atoms with Crippen LogP contribution in [-0.4, -0.2) is 41.6 Å². The number of thiophene rings is 1. The molecule has 6 rings (SSSR count). The Morgan fingerprint density at radius 1 is 1.14 bits per heavy atom. The van der Waals surface area contributed by atoms with Gasteiger partial charge < -0.3 is 15.3 Å². The monoisotopic (exact) mass is 392 g/mol. The van der Waals surface area contributed by atoms with E-state index in [2.05, 4.69) is 28.4 Å². The van der Waals surface area contributed by atoms with Gasteiger partial charge in [-0.3, -0.25) is 4.79 Å². The highest BCUT2D eigenvalue weighted by atomic mass is 32.1. The van der Waals surface area contributed by atoms with Crippen molar-refractivity contribution in [2.24, 2.45) is 5.92 Å². The minimum Gasteiger partial charge on any atom is -0.392 e. The van der Waals surface area contributed by atoms with Crippen molar-refractivity contribution in [3.05, 3.63) is 59.0 Å². The summed E-state index contributed by atoms with van der Waals surface area (Å²) < 4.78 is 1.10. The van der Waals surface area contributed by atoms with E-state index in [1.54, 1.807) is 11.3 Å². The predicted molar refractivity (Wildman–Crippen MR) is 114 cm³/mol. The number of carbonyl (C=O) groups is 1. The molecular formula is C23H24N2O2S. The van der Waals surface area contributed by atoms with Gasteiger partial charge >= 0.3 is 0 Å². The van der Waals surface area contributed by atoms with Gasteiger partial charge in [0.25, 0.3) is 5.91 Å². The lowest BCUT2D eigenvalue weighted by molar-refractivity contribution is 0.0622. The maximum absolute atomic E-state index is 12.9. The van der Waals surface area contributed by atoms with E-state index in [0.29, 0.717) is 5.92 Å². The van der Waals surface area contributed by atoms with Crippen LogP contribution in [-0.2, 0) is 6.61 Å². The molecule has 3 fully saturated rings. The lowest BCUT2D eigenvalue weighted by Gasteiger charge is -2.44. The second kappa shape index (κ2) is 7.32. The second-order valence-electron chi connectivity index (χ2n) is 7.90. The van der Waals surface area contributed by atoms with Crippen LogP contribution in [0.3, 0.4) is 0 Å². The number of aliphatic hydroxyl groups is 1. The van der Waals surface area contributed by atoms with Crippen LogP contribution < -0.4 is 5.32 Å². The van der Waals surface area contributed by atoms with E-state index in [9.17, 15) is 9.90 Å². The summed E-state index contributed by atoms with van der Waals surface area (Å²) in [6.45, 7) is 3.37. The normalized spacial score (nSPS) is 23.8. The molecular weight excluding hydrogens is 368 g/mol. The van der Waals surface area contributed by atoms with Crippen LogP contribution in [0.4, 0.5) is 0 Å². The molecule has 28 heavy (non-hydrogen) atoms. The van der Waals surface area contributed by atoms with Crippen LogP contribution in [0, 0.1) is 5.92 Å². The van der Waals surface area contributed by atoms with E-state index in [-0.39, 0.29) is 18.6 Å². The van der Waals surface area contributed by atoms with Crippen molar-refractivity contribution in [2.75, 3.05) is 19.6 Å². The zero-order valence-electron chi connectivity index (χ0n) is 15.7. The first-order valence-corrected chi connectivity index (χ1v) is 10.8. The number of piperidine rings is 3. The fraction of sp³-hybridized carbons (Fsp3) is 0.348. The van der Waals surface area contributed by atoms with Gasteiger partial charge in [-0.15, -0.1) is 11.3 Å². The summed E-state index contributed by atoms with van der Waals surface area (Å²) in [5, 5.41) is 14.0. The van der Waals surface area contributed by atoms with Gasteiger partial charge in [0.05, 0.1) is 11.5 Å². The molecule has 1 unspecified atom stereocenters. The molecule has 2 aromatic carbocycles. The van der Waals surface area contributed by atoms with E-state index < -0.39 is 0 Å². The van der Waals surface area contributed by atoms with E-state index in [0.717, 1.165) is 38.2 Å². The van der Waals surface area contributed by atoms with Gasteiger partial charge in [0.2, 0.25) is 0 Å². The van der Waals surface area contributed by atoms with Gasteiger partial charge in [-0.05, 0) is 66.1 Å². The van der Waals surface area contributed by atoms with Crippen molar-refractivity contribution in [2.45, 2.75) is 25.5 Å². The molecule has 0 saturated carbocycles. The van der Waals surface area contributed by atoms with E-state index >= 15 is 0 Å². The second-order valence-corrected chi connectivity index (χ2v) is 8.98. The first kappa shape index (κ1) is 17.9. The predicted octanol–water partition coefficient (Wildman–Crippen LogP) is 3.88. The number of amides is 1. The summed E-state index contributed by atoms with van der Waals surface area (Å²) in [7, 11) is 0. The van der Waals surface area contributed by atoms with Crippen LogP contribution in [0.5, 0.6) is 0 Å². The van der Waals surface area contributed by atoms with Crippen molar-refractivity contribution in [1.82, 2.24) is 10.2 Å². The average Bonchev–Trinajstić information content (AvgIpc) is 3.18. The zero-order chi connectivity index (χ0) is 19.1. The maximum Gasteiger partial charge on any atom is 0.261 e. The smallest absolute Gasteiger partial charge is 0.261 e. The molecule has 2 bridgehead atoms. The van der Waals surface area contributed by atoms with Gasteiger partial charge in [-0.25, -0.2) is 0 Å². The summed E-state index contributed by atoms with van der Waals surface area (Å²) in [4.78, 5) is 16.1. The number of fused-ring (bicyclic) bond motifs is 4. The van der Waals surface area contributed by atoms with Gasteiger partial charge in [0.15, 0.2) is 0 Å². The number of rotatable bonds is 4. The molecule has 3 saturated heterocycles. The van der Waals surface area contributed by atoms with Crippen molar-refractivity contribution >= 4 is 27.3 Å². The first-order valence-electron chi connectivity index (χ1n) is 9.97. The lowest BCUT2D eigenvalue weighted by Crippen LogP contribution is -2.57. The van der Waals surface area contributed by atoms with E-state index in [1.807, 2.05) is 30.3 Å². The number of benzene rings is 2. The molecule has 2 N–H and O–H groups in total. The maximum atomic E-state index is 12.9. The molecule has 0 radical (unpaired) electrons. The molecule has 3 aliphatic heterocycles. The van der Waals surface area contributed by atoms with Crippen molar-refractivity contribution in [3.8, 4) is 11.1 Å². The van der Waals surface area contributed by atoms with Crippen molar-refractivity contribution in [1.29, 1.82) is 0 Å². The summed E-state index contributed by atoms with van der Waals surface area (Å²) in [5.41, 5.74) is 3.03. The number of nitrogens with zero attached hydrogens (tertiary/aromatic N) is 1. The van der Waals surface area contributed by atoms with Crippen LogP contribution in [0.2, 0.25) is 0 Å².